The van der Waals surface area contributed by atoms with Crippen molar-refractivity contribution in [3.8, 4) is 5.75 Å². The molecule has 0 radical (unpaired) electrons. The lowest BCUT2D eigenvalue weighted by Crippen LogP contribution is -2.30. The van der Waals surface area contributed by atoms with Gasteiger partial charge in [0.2, 0.25) is 0 Å². The number of benzene rings is 1. The standard InChI is InChI=1S/C26H26N4O2/c1-19(21-11-12-21)32-23-9-6-7-20(15-23)16-30(17-22-8-2-4-13-27-22)26(31)24-18-29-14-5-3-10-25(29)28-24/h2-10,13-15,18-19,21H,11-12,16-17H2,1H3. The van der Waals surface area contributed by atoms with Gasteiger partial charge in [-0.05, 0) is 67.6 Å². The number of fused-ring (bicyclic) bond motifs is 1. The maximum absolute atomic E-state index is 13.5. The molecule has 6 heteroatoms. The van der Waals surface area contributed by atoms with Crippen molar-refractivity contribution in [1.82, 2.24) is 19.3 Å². The minimum absolute atomic E-state index is 0.128. The minimum Gasteiger partial charge on any atom is -0.490 e. The smallest absolute Gasteiger partial charge is 0.274 e. The van der Waals surface area contributed by atoms with Gasteiger partial charge in [-0.15, -0.1) is 0 Å². The summed E-state index contributed by atoms with van der Waals surface area (Å²) >= 11 is 0. The fourth-order valence-electron chi connectivity index (χ4n) is 3.90. The molecule has 1 atom stereocenters. The molecule has 162 valence electrons. The number of rotatable bonds is 8. The highest BCUT2D eigenvalue weighted by Crippen LogP contribution is 2.34. The molecule has 0 saturated heterocycles. The van der Waals surface area contributed by atoms with Crippen LogP contribution in [0.3, 0.4) is 0 Å². The molecule has 1 aromatic carbocycles. The van der Waals surface area contributed by atoms with Crippen LogP contribution in [-0.2, 0) is 13.1 Å². The van der Waals surface area contributed by atoms with Crippen molar-refractivity contribution in [3.05, 3.63) is 96.2 Å². The summed E-state index contributed by atoms with van der Waals surface area (Å²) in [5.41, 5.74) is 3.01. The first-order chi connectivity index (χ1) is 15.7. The number of pyridine rings is 2. The van der Waals surface area contributed by atoms with Crippen LogP contribution in [-0.4, -0.2) is 31.3 Å². The summed E-state index contributed by atoms with van der Waals surface area (Å²) in [5.74, 6) is 1.38. The van der Waals surface area contributed by atoms with Crippen LogP contribution in [0.4, 0.5) is 0 Å². The van der Waals surface area contributed by atoms with Crippen molar-refractivity contribution in [2.75, 3.05) is 0 Å². The summed E-state index contributed by atoms with van der Waals surface area (Å²) in [5, 5.41) is 0. The van der Waals surface area contributed by atoms with Crippen molar-refractivity contribution in [2.24, 2.45) is 5.92 Å². The zero-order chi connectivity index (χ0) is 21.9. The molecular weight excluding hydrogens is 400 g/mol. The van der Waals surface area contributed by atoms with Crippen LogP contribution in [0, 0.1) is 5.92 Å². The average molecular weight is 427 g/mol. The first-order valence-corrected chi connectivity index (χ1v) is 11.0. The predicted molar refractivity (Wildman–Crippen MR) is 122 cm³/mol. The van der Waals surface area contributed by atoms with Gasteiger partial charge in [-0.2, -0.15) is 0 Å². The van der Waals surface area contributed by atoms with Gasteiger partial charge < -0.3 is 14.0 Å². The average Bonchev–Trinajstić information content (AvgIpc) is 3.58. The molecule has 6 nitrogen and oxygen atoms in total. The lowest BCUT2D eigenvalue weighted by atomic mass is 10.1. The zero-order valence-corrected chi connectivity index (χ0v) is 18.1. The van der Waals surface area contributed by atoms with Gasteiger partial charge in [0.25, 0.3) is 5.91 Å². The van der Waals surface area contributed by atoms with Gasteiger partial charge in [-0.25, -0.2) is 4.98 Å². The fourth-order valence-corrected chi connectivity index (χ4v) is 3.90. The Balaban J connectivity index is 1.40. The largest absolute Gasteiger partial charge is 0.490 e. The molecule has 1 aliphatic rings. The van der Waals surface area contributed by atoms with Gasteiger partial charge in [0, 0.05) is 25.1 Å². The summed E-state index contributed by atoms with van der Waals surface area (Å²) in [4.78, 5) is 24.2. The lowest BCUT2D eigenvalue weighted by molar-refractivity contribution is 0.0722. The van der Waals surface area contributed by atoms with E-state index in [1.165, 1.54) is 12.8 Å². The molecule has 1 unspecified atom stereocenters. The highest BCUT2D eigenvalue weighted by Gasteiger charge is 2.29. The van der Waals surface area contributed by atoms with Gasteiger partial charge in [-0.1, -0.05) is 24.3 Å². The van der Waals surface area contributed by atoms with Crippen LogP contribution in [0.5, 0.6) is 5.75 Å². The maximum Gasteiger partial charge on any atom is 0.274 e. The second kappa shape index (κ2) is 8.83. The molecule has 1 aliphatic carbocycles. The lowest BCUT2D eigenvalue weighted by Gasteiger charge is -2.22. The van der Waals surface area contributed by atoms with Crippen LogP contribution in [0.25, 0.3) is 5.65 Å². The first kappa shape index (κ1) is 20.2. The molecule has 0 bridgehead atoms. The number of ether oxygens (including phenoxy) is 1. The summed E-state index contributed by atoms with van der Waals surface area (Å²) < 4.78 is 7.99. The fraction of sp³-hybridized carbons (Fsp3) is 0.269. The van der Waals surface area contributed by atoms with Crippen LogP contribution in [0.15, 0.2) is 79.3 Å². The molecule has 1 amide bonds. The third-order valence-corrected chi connectivity index (χ3v) is 5.83. The second-order valence-corrected chi connectivity index (χ2v) is 8.38. The van der Waals surface area contributed by atoms with Crippen molar-refractivity contribution in [2.45, 2.75) is 39.0 Å². The van der Waals surface area contributed by atoms with E-state index in [-0.39, 0.29) is 12.0 Å². The van der Waals surface area contributed by atoms with E-state index < -0.39 is 0 Å². The Morgan fingerprint density at radius 2 is 2.00 bits per heavy atom. The second-order valence-electron chi connectivity index (χ2n) is 8.38. The molecule has 32 heavy (non-hydrogen) atoms. The van der Waals surface area contributed by atoms with Crippen LogP contribution >= 0.6 is 0 Å². The number of carbonyl (C=O) groups is 1. The van der Waals surface area contributed by atoms with Gasteiger partial charge in [0.1, 0.15) is 17.1 Å². The maximum atomic E-state index is 13.5. The van der Waals surface area contributed by atoms with Crippen molar-refractivity contribution in [3.63, 3.8) is 0 Å². The molecule has 4 aromatic rings. The Hall–Kier alpha value is -3.67. The van der Waals surface area contributed by atoms with E-state index >= 15 is 0 Å². The van der Waals surface area contributed by atoms with E-state index in [0.717, 1.165) is 22.7 Å². The topological polar surface area (TPSA) is 59.7 Å². The van der Waals surface area contributed by atoms with Crippen molar-refractivity contribution < 1.29 is 9.53 Å². The molecule has 1 fully saturated rings. The van der Waals surface area contributed by atoms with Crippen LogP contribution < -0.4 is 4.74 Å². The SMILES string of the molecule is CC(Oc1cccc(CN(Cc2ccccn2)C(=O)c2cn3ccccc3n2)c1)C1CC1. The van der Waals surface area contributed by atoms with E-state index in [9.17, 15) is 4.79 Å². The number of carbonyl (C=O) groups excluding carboxylic acids is 1. The van der Waals surface area contributed by atoms with E-state index in [2.05, 4.69) is 16.9 Å². The number of nitrogens with zero attached hydrogens (tertiary/aromatic N) is 4. The number of aromatic nitrogens is 3. The molecule has 0 aliphatic heterocycles. The van der Waals surface area contributed by atoms with Crippen molar-refractivity contribution >= 4 is 11.6 Å². The van der Waals surface area contributed by atoms with E-state index in [1.54, 1.807) is 17.3 Å². The Bertz CT molecular complexity index is 1180. The summed E-state index contributed by atoms with van der Waals surface area (Å²) in [6.07, 6.45) is 8.12. The number of hydrogen-bond donors (Lipinski definition) is 0. The Morgan fingerprint density at radius 1 is 1.12 bits per heavy atom. The third-order valence-electron chi connectivity index (χ3n) is 5.83. The number of amides is 1. The third kappa shape index (κ3) is 4.64. The van der Waals surface area contributed by atoms with E-state index in [0.29, 0.717) is 24.7 Å². The molecule has 3 heterocycles. The summed E-state index contributed by atoms with van der Waals surface area (Å²) in [6.45, 7) is 2.97. The highest BCUT2D eigenvalue weighted by atomic mass is 16.5. The van der Waals surface area contributed by atoms with Gasteiger partial charge >= 0.3 is 0 Å². The van der Waals surface area contributed by atoms with Crippen LogP contribution in [0.1, 0.15) is 41.5 Å². The van der Waals surface area contributed by atoms with E-state index in [1.807, 2.05) is 71.3 Å². The van der Waals surface area contributed by atoms with Crippen LogP contribution in [0.2, 0.25) is 0 Å². The Morgan fingerprint density at radius 3 is 2.78 bits per heavy atom. The Kier molecular flexibility index (Phi) is 5.58. The molecule has 0 spiro atoms. The summed E-state index contributed by atoms with van der Waals surface area (Å²) in [6, 6.07) is 19.5. The molecule has 5 rings (SSSR count). The van der Waals surface area contributed by atoms with Gasteiger partial charge in [0.05, 0.1) is 18.3 Å². The van der Waals surface area contributed by atoms with Gasteiger partial charge in [0.15, 0.2) is 0 Å². The molecular formula is C26H26N4O2. The predicted octanol–water partition coefficient (Wildman–Crippen LogP) is 4.75. The summed E-state index contributed by atoms with van der Waals surface area (Å²) in [7, 11) is 0. The molecule has 0 N–H and O–H groups in total. The molecule has 3 aromatic heterocycles. The monoisotopic (exact) mass is 426 g/mol. The first-order valence-electron chi connectivity index (χ1n) is 11.0. The van der Waals surface area contributed by atoms with E-state index in [4.69, 9.17) is 4.74 Å². The number of imidazole rings is 1. The van der Waals surface area contributed by atoms with Gasteiger partial charge in [-0.3, -0.25) is 9.78 Å². The number of hydrogen-bond acceptors (Lipinski definition) is 4. The Labute approximate surface area is 187 Å². The minimum atomic E-state index is -0.128. The normalized spacial score (nSPS) is 14.3. The zero-order valence-electron chi connectivity index (χ0n) is 18.1. The molecule has 1 saturated carbocycles. The quantitative estimate of drug-likeness (QED) is 0.408. The highest BCUT2D eigenvalue weighted by molar-refractivity contribution is 5.92. The van der Waals surface area contributed by atoms with Crippen molar-refractivity contribution in [1.29, 1.82) is 0 Å².